The molecule has 0 aliphatic heterocycles. The van der Waals surface area contributed by atoms with Gasteiger partial charge >= 0.3 is 0 Å². The number of nitrogens with two attached hydrogens (primary N) is 1. The maximum Gasteiger partial charge on any atom is 0.237 e. The van der Waals surface area contributed by atoms with Gasteiger partial charge in [-0.05, 0) is 26.3 Å². The zero-order valence-electron chi connectivity index (χ0n) is 11.7. The van der Waals surface area contributed by atoms with Crippen LogP contribution in [0.25, 0.3) is 0 Å². The lowest BCUT2D eigenvalue weighted by Crippen LogP contribution is -2.53. The Morgan fingerprint density at radius 3 is 2.45 bits per heavy atom. The van der Waals surface area contributed by atoms with Gasteiger partial charge in [-0.15, -0.1) is 0 Å². The van der Waals surface area contributed by atoms with E-state index in [4.69, 9.17) is 10.5 Å². The van der Waals surface area contributed by atoms with Crippen molar-refractivity contribution in [3.8, 4) is 5.75 Å². The predicted molar refractivity (Wildman–Crippen MR) is 72.4 cm³/mol. The average Bonchev–Trinajstić information content (AvgIpc) is 2.33. The summed E-state index contributed by atoms with van der Waals surface area (Å²) < 4.78 is 31.1. The van der Waals surface area contributed by atoms with E-state index in [9.17, 15) is 13.6 Å². The quantitative estimate of drug-likeness (QED) is 0.718. The van der Waals surface area contributed by atoms with Crippen LogP contribution in [0.1, 0.15) is 26.7 Å². The van der Waals surface area contributed by atoms with Gasteiger partial charge in [-0.1, -0.05) is 6.92 Å². The fourth-order valence-corrected chi connectivity index (χ4v) is 1.92. The number of amides is 1. The molecular weight excluding hydrogens is 266 g/mol. The Labute approximate surface area is 117 Å². The minimum absolute atomic E-state index is 0.131. The van der Waals surface area contributed by atoms with E-state index in [2.05, 4.69) is 5.32 Å². The van der Waals surface area contributed by atoms with Crippen molar-refractivity contribution in [2.45, 2.75) is 32.2 Å². The van der Waals surface area contributed by atoms with E-state index in [0.717, 1.165) is 18.2 Å². The fourth-order valence-electron chi connectivity index (χ4n) is 1.92. The van der Waals surface area contributed by atoms with Gasteiger partial charge in [-0.25, -0.2) is 8.78 Å². The van der Waals surface area contributed by atoms with E-state index in [0.29, 0.717) is 19.4 Å². The number of carbonyl (C=O) groups is 1. The predicted octanol–water partition coefficient (Wildman–Crippen LogP) is 1.98. The van der Waals surface area contributed by atoms with Crippen molar-refractivity contribution in [2.75, 3.05) is 13.2 Å². The molecule has 0 heterocycles. The number of nitrogens with one attached hydrogen (secondary N) is 1. The molecule has 0 spiro atoms. The van der Waals surface area contributed by atoms with Gasteiger partial charge in [0.05, 0.1) is 12.1 Å². The second-order valence-corrected chi connectivity index (χ2v) is 4.78. The second-order valence-electron chi connectivity index (χ2n) is 4.78. The Morgan fingerprint density at radius 1 is 1.35 bits per heavy atom. The van der Waals surface area contributed by atoms with E-state index in [1.807, 2.05) is 6.92 Å². The first-order valence-electron chi connectivity index (χ1n) is 6.51. The van der Waals surface area contributed by atoms with Crippen molar-refractivity contribution in [2.24, 2.45) is 5.73 Å². The molecule has 1 atom stereocenters. The monoisotopic (exact) mass is 286 g/mol. The second kappa shape index (κ2) is 7.19. The topological polar surface area (TPSA) is 64.3 Å². The molecule has 1 aromatic carbocycles. The molecule has 0 saturated carbocycles. The number of likely N-dealkylation sites (N-methyl/N-ethyl adjacent to an activating group) is 1. The highest BCUT2D eigenvalue weighted by molar-refractivity contribution is 5.84. The van der Waals surface area contributed by atoms with Crippen molar-refractivity contribution in [3.05, 3.63) is 29.8 Å². The van der Waals surface area contributed by atoms with Crippen LogP contribution >= 0.6 is 0 Å². The molecule has 1 amide bonds. The van der Waals surface area contributed by atoms with E-state index in [1.54, 1.807) is 6.92 Å². The third-order valence-electron chi connectivity index (χ3n) is 3.04. The minimum Gasteiger partial charge on any atom is -0.493 e. The summed E-state index contributed by atoms with van der Waals surface area (Å²) in [6.07, 6.45) is 1.01. The molecule has 1 aromatic rings. The third kappa shape index (κ3) is 4.77. The van der Waals surface area contributed by atoms with Crippen LogP contribution in [0.2, 0.25) is 0 Å². The van der Waals surface area contributed by atoms with Gasteiger partial charge in [-0.3, -0.25) is 4.79 Å². The number of rotatable bonds is 8. The zero-order valence-corrected chi connectivity index (χ0v) is 11.7. The van der Waals surface area contributed by atoms with E-state index in [-0.39, 0.29) is 12.4 Å². The maximum absolute atomic E-state index is 12.9. The molecule has 0 aliphatic carbocycles. The van der Waals surface area contributed by atoms with Crippen LogP contribution in [0.15, 0.2) is 18.2 Å². The average molecular weight is 286 g/mol. The molecule has 0 bridgehead atoms. The Hall–Kier alpha value is -1.69. The number of primary amides is 1. The van der Waals surface area contributed by atoms with Gasteiger partial charge in [-0.2, -0.15) is 0 Å². The summed E-state index contributed by atoms with van der Waals surface area (Å²) in [5.41, 5.74) is 4.55. The van der Waals surface area contributed by atoms with Gasteiger partial charge < -0.3 is 15.8 Å². The lowest BCUT2D eigenvalue weighted by atomic mass is 9.95. The SMILES string of the molecule is CCNC(C)(CCCOc1cc(F)cc(F)c1)C(N)=O. The summed E-state index contributed by atoms with van der Waals surface area (Å²) >= 11 is 0. The number of ether oxygens (including phenoxy) is 1. The van der Waals surface area contributed by atoms with Crippen LogP contribution in [-0.4, -0.2) is 24.6 Å². The molecule has 0 saturated heterocycles. The molecule has 112 valence electrons. The Kier molecular flexibility index (Phi) is 5.88. The van der Waals surface area contributed by atoms with Gasteiger partial charge in [0.2, 0.25) is 5.91 Å². The number of hydrogen-bond acceptors (Lipinski definition) is 3. The summed E-state index contributed by atoms with van der Waals surface area (Å²) in [7, 11) is 0. The Bertz CT molecular complexity index is 448. The highest BCUT2D eigenvalue weighted by Gasteiger charge is 2.29. The summed E-state index contributed by atoms with van der Waals surface area (Å²) in [5, 5.41) is 3.03. The summed E-state index contributed by atoms with van der Waals surface area (Å²) in [4.78, 5) is 11.4. The highest BCUT2D eigenvalue weighted by Crippen LogP contribution is 2.17. The normalized spacial score (nSPS) is 13.8. The first-order valence-corrected chi connectivity index (χ1v) is 6.51. The number of benzene rings is 1. The summed E-state index contributed by atoms with van der Waals surface area (Å²) in [6, 6.07) is 3.00. The van der Waals surface area contributed by atoms with Crippen LogP contribution in [-0.2, 0) is 4.79 Å². The Morgan fingerprint density at radius 2 is 1.95 bits per heavy atom. The molecule has 3 N–H and O–H groups in total. The van der Waals surface area contributed by atoms with Gasteiger partial charge in [0.25, 0.3) is 0 Å². The van der Waals surface area contributed by atoms with Crippen molar-refractivity contribution in [1.82, 2.24) is 5.32 Å². The smallest absolute Gasteiger partial charge is 0.237 e. The Balaban J connectivity index is 2.46. The van der Waals surface area contributed by atoms with Crippen molar-refractivity contribution in [1.29, 1.82) is 0 Å². The molecule has 0 radical (unpaired) electrons. The lowest BCUT2D eigenvalue weighted by molar-refractivity contribution is -0.124. The molecule has 0 aromatic heterocycles. The van der Waals surface area contributed by atoms with Gasteiger partial charge in [0.1, 0.15) is 17.4 Å². The minimum atomic E-state index is -0.800. The van der Waals surface area contributed by atoms with Gasteiger partial charge in [0, 0.05) is 18.2 Å². The van der Waals surface area contributed by atoms with Crippen molar-refractivity contribution >= 4 is 5.91 Å². The van der Waals surface area contributed by atoms with E-state index >= 15 is 0 Å². The van der Waals surface area contributed by atoms with Crippen LogP contribution in [0.3, 0.4) is 0 Å². The summed E-state index contributed by atoms with van der Waals surface area (Å²) in [6.45, 7) is 4.47. The van der Waals surface area contributed by atoms with Crippen LogP contribution in [0.5, 0.6) is 5.75 Å². The molecule has 1 rings (SSSR count). The van der Waals surface area contributed by atoms with Gasteiger partial charge in [0.15, 0.2) is 0 Å². The lowest BCUT2D eigenvalue weighted by Gasteiger charge is -2.26. The number of hydrogen-bond donors (Lipinski definition) is 2. The third-order valence-corrected chi connectivity index (χ3v) is 3.04. The standard InChI is InChI=1S/C14H20F2N2O2/c1-3-18-14(2,13(17)19)5-4-6-20-12-8-10(15)7-11(16)9-12/h7-9,18H,3-6H2,1-2H3,(H2,17,19). The molecule has 20 heavy (non-hydrogen) atoms. The summed E-state index contributed by atoms with van der Waals surface area (Å²) in [5.74, 6) is -1.67. The highest BCUT2D eigenvalue weighted by atomic mass is 19.1. The molecule has 0 fully saturated rings. The molecule has 6 heteroatoms. The number of halogens is 2. The molecule has 1 unspecified atom stereocenters. The first-order chi connectivity index (χ1) is 9.37. The first kappa shape index (κ1) is 16.4. The van der Waals surface area contributed by atoms with E-state index < -0.39 is 23.1 Å². The maximum atomic E-state index is 12.9. The number of carbonyl (C=O) groups excluding carboxylic acids is 1. The fraction of sp³-hybridized carbons (Fsp3) is 0.500. The molecule has 4 nitrogen and oxygen atoms in total. The van der Waals surface area contributed by atoms with Crippen molar-refractivity contribution in [3.63, 3.8) is 0 Å². The van der Waals surface area contributed by atoms with E-state index in [1.165, 1.54) is 0 Å². The van der Waals surface area contributed by atoms with Crippen molar-refractivity contribution < 1.29 is 18.3 Å². The largest absolute Gasteiger partial charge is 0.493 e. The molecular formula is C14H20F2N2O2. The molecule has 0 aliphatic rings. The van der Waals surface area contributed by atoms with Crippen LogP contribution < -0.4 is 15.8 Å². The zero-order chi connectivity index (χ0) is 15.2. The van der Waals surface area contributed by atoms with Crippen LogP contribution in [0.4, 0.5) is 8.78 Å². The van der Waals surface area contributed by atoms with Crippen LogP contribution in [0, 0.1) is 11.6 Å².